The number of anilines is 1. The van der Waals surface area contributed by atoms with Crippen molar-refractivity contribution in [3.05, 3.63) is 17.8 Å². The van der Waals surface area contributed by atoms with E-state index in [0.29, 0.717) is 0 Å². The minimum atomic E-state index is 0.791. The van der Waals surface area contributed by atoms with Crippen LogP contribution in [0.1, 0.15) is 44.6 Å². The fourth-order valence-corrected chi connectivity index (χ4v) is 3.21. The summed E-state index contributed by atoms with van der Waals surface area (Å²) < 4.78 is 2.34. The fraction of sp³-hybridized carbons (Fsp3) is 0.625. The van der Waals surface area contributed by atoms with Gasteiger partial charge in [0.25, 0.3) is 0 Å². The number of fused-ring (bicyclic) bond motifs is 1. The summed E-state index contributed by atoms with van der Waals surface area (Å²) in [5.74, 6) is 1.77. The zero-order chi connectivity index (χ0) is 13.9. The van der Waals surface area contributed by atoms with E-state index in [0.717, 1.165) is 30.6 Å². The van der Waals surface area contributed by atoms with Crippen LogP contribution in [0, 0.1) is 12.8 Å². The molecule has 108 valence electrons. The van der Waals surface area contributed by atoms with E-state index in [4.69, 9.17) is 0 Å². The summed E-state index contributed by atoms with van der Waals surface area (Å²) in [4.78, 5) is 9.12. The highest BCUT2D eigenvalue weighted by molar-refractivity contribution is 5.75. The molecule has 1 aliphatic carbocycles. The fourth-order valence-electron chi connectivity index (χ4n) is 3.21. The van der Waals surface area contributed by atoms with Gasteiger partial charge < -0.3 is 9.88 Å². The molecule has 1 N–H and O–H groups in total. The van der Waals surface area contributed by atoms with Gasteiger partial charge in [-0.05, 0) is 44.2 Å². The highest BCUT2D eigenvalue weighted by Gasteiger charge is 2.18. The van der Waals surface area contributed by atoms with E-state index in [1.54, 1.807) is 0 Å². The summed E-state index contributed by atoms with van der Waals surface area (Å²) in [5.41, 5.74) is 3.24. The molecule has 0 atom stereocenters. The molecule has 1 aliphatic rings. The van der Waals surface area contributed by atoms with Crippen LogP contribution in [0.15, 0.2) is 12.3 Å². The maximum absolute atomic E-state index is 4.65. The molecule has 0 aliphatic heterocycles. The molecule has 0 unspecified atom stereocenters. The van der Waals surface area contributed by atoms with Crippen molar-refractivity contribution in [2.24, 2.45) is 5.92 Å². The molecule has 4 nitrogen and oxygen atoms in total. The van der Waals surface area contributed by atoms with Crippen LogP contribution in [-0.2, 0) is 6.54 Å². The Kier molecular flexibility index (Phi) is 3.90. The number of hydrogen-bond acceptors (Lipinski definition) is 3. The molecule has 0 bridgehead atoms. The Bertz CT molecular complexity index is 581. The van der Waals surface area contributed by atoms with E-state index in [1.807, 2.05) is 6.20 Å². The lowest BCUT2D eigenvalue weighted by molar-refractivity contribution is 0.323. The van der Waals surface area contributed by atoms with E-state index in [1.165, 1.54) is 43.2 Å². The van der Waals surface area contributed by atoms with E-state index < -0.39 is 0 Å². The summed E-state index contributed by atoms with van der Waals surface area (Å²) in [5, 5.41) is 3.39. The molecule has 4 heteroatoms. The second-order valence-electron chi connectivity index (χ2n) is 5.94. The summed E-state index contributed by atoms with van der Waals surface area (Å²) in [6, 6.07) is 2.21. The van der Waals surface area contributed by atoms with Gasteiger partial charge in [-0.1, -0.05) is 19.3 Å². The monoisotopic (exact) mass is 272 g/mol. The quantitative estimate of drug-likeness (QED) is 0.921. The predicted octanol–water partition coefficient (Wildman–Crippen LogP) is 3.75. The van der Waals surface area contributed by atoms with Crippen LogP contribution in [0.25, 0.3) is 11.2 Å². The van der Waals surface area contributed by atoms with Crippen LogP contribution < -0.4 is 5.32 Å². The Morgan fingerprint density at radius 1 is 1.30 bits per heavy atom. The number of pyridine rings is 1. The minimum absolute atomic E-state index is 0.791. The highest BCUT2D eigenvalue weighted by atomic mass is 15.2. The zero-order valence-electron chi connectivity index (χ0n) is 12.5. The first-order chi connectivity index (χ1) is 9.78. The summed E-state index contributed by atoms with van der Waals surface area (Å²) in [7, 11) is 0. The molecule has 2 aromatic heterocycles. The largest absolute Gasteiger partial charge is 0.356 e. The summed E-state index contributed by atoms with van der Waals surface area (Å²) in [6.45, 7) is 6.18. The molecule has 0 radical (unpaired) electrons. The van der Waals surface area contributed by atoms with Crippen molar-refractivity contribution in [2.75, 3.05) is 11.9 Å². The topological polar surface area (TPSA) is 42.7 Å². The van der Waals surface area contributed by atoms with Crippen molar-refractivity contribution in [2.45, 2.75) is 52.5 Å². The predicted molar refractivity (Wildman–Crippen MR) is 83.0 cm³/mol. The first-order valence-electron chi connectivity index (χ1n) is 7.84. The minimum Gasteiger partial charge on any atom is -0.356 e. The van der Waals surface area contributed by atoms with Gasteiger partial charge >= 0.3 is 0 Å². The number of aromatic nitrogens is 3. The number of aryl methyl sites for hydroxylation is 1. The molecule has 1 saturated carbocycles. The molecule has 0 spiro atoms. The molecule has 0 aromatic carbocycles. The van der Waals surface area contributed by atoms with Crippen LogP contribution >= 0.6 is 0 Å². The first kappa shape index (κ1) is 13.4. The Morgan fingerprint density at radius 2 is 2.10 bits per heavy atom. The third kappa shape index (κ3) is 2.65. The SMILES string of the molecule is CCNc1nc2ncc(C)cc2n1CC1CCCCC1. The number of hydrogen-bond donors (Lipinski definition) is 1. The van der Waals surface area contributed by atoms with Gasteiger partial charge in [0, 0.05) is 19.3 Å². The molecular weight excluding hydrogens is 248 g/mol. The second-order valence-corrected chi connectivity index (χ2v) is 5.94. The van der Waals surface area contributed by atoms with E-state index in [2.05, 4.69) is 39.8 Å². The van der Waals surface area contributed by atoms with Crippen LogP contribution in [0.2, 0.25) is 0 Å². The maximum atomic E-state index is 4.65. The molecule has 3 rings (SSSR count). The Morgan fingerprint density at radius 3 is 2.85 bits per heavy atom. The lowest BCUT2D eigenvalue weighted by Crippen LogP contribution is -2.16. The van der Waals surface area contributed by atoms with Crippen LogP contribution in [0.5, 0.6) is 0 Å². The molecule has 20 heavy (non-hydrogen) atoms. The normalized spacial score (nSPS) is 16.7. The molecule has 1 fully saturated rings. The Balaban J connectivity index is 1.96. The van der Waals surface area contributed by atoms with Gasteiger partial charge in [0.05, 0.1) is 5.52 Å². The third-order valence-corrected chi connectivity index (χ3v) is 4.24. The highest BCUT2D eigenvalue weighted by Crippen LogP contribution is 2.28. The molecular formula is C16H24N4. The van der Waals surface area contributed by atoms with Gasteiger partial charge in [0.15, 0.2) is 5.65 Å². The number of rotatable bonds is 4. The Hall–Kier alpha value is -1.58. The van der Waals surface area contributed by atoms with Crippen LogP contribution in [-0.4, -0.2) is 21.1 Å². The summed E-state index contributed by atoms with van der Waals surface area (Å²) >= 11 is 0. The average Bonchev–Trinajstić information content (AvgIpc) is 2.78. The van der Waals surface area contributed by atoms with Crippen molar-refractivity contribution in [3.8, 4) is 0 Å². The number of imidazole rings is 1. The smallest absolute Gasteiger partial charge is 0.205 e. The first-order valence-corrected chi connectivity index (χ1v) is 7.84. The molecule has 0 saturated heterocycles. The van der Waals surface area contributed by atoms with Crippen LogP contribution in [0.4, 0.5) is 5.95 Å². The standard InChI is InChI=1S/C16H24N4/c1-3-17-16-19-15-14(9-12(2)10-18-15)20(16)11-13-7-5-4-6-8-13/h9-10,13H,3-8,11H2,1-2H3,(H,17,18,19). The number of nitrogens with one attached hydrogen (secondary N) is 1. The maximum Gasteiger partial charge on any atom is 0.205 e. The Labute approximate surface area is 120 Å². The van der Waals surface area contributed by atoms with Gasteiger partial charge in [-0.25, -0.2) is 4.98 Å². The van der Waals surface area contributed by atoms with E-state index in [9.17, 15) is 0 Å². The zero-order valence-corrected chi connectivity index (χ0v) is 12.5. The van der Waals surface area contributed by atoms with Crippen molar-refractivity contribution in [3.63, 3.8) is 0 Å². The van der Waals surface area contributed by atoms with Gasteiger partial charge in [0.1, 0.15) is 0 Å². The van der Waals surface area contributed by atoms with Crippen molar-refractivity contribution < 1.29 is 0 Å². The van der Waals surface area contributed by atoms with Gasteiger partial charge in [0.2, 0.25) is 5.95 Å². The van der Waals surface area contributed by atoms with Crippen LogP contribution in [0.3, 0.4) is 0 Å². The lowest BCUT2D eigenvalue weighted by Gasteiger charge is -2.23. The van der Waals surface area contributed by atoms with E-state index in [-0.39, 0.29) is 0 Å². The number of nitrogens with zero attached hydrogens (tertiary/aromatic N) is 3. The van der Waals surface area contributed by atoms with Crippen molar-refractivity contribution >= 4 is 17.1 Å². The molecule has 2 heterocycles. The lowest BCUT2D eigenvalue weighted by atomic mass is 9.89. The average molecular weight is 272 g/mol. The summed E-state index contributed by atoms with van der Waals surface area (Å²) in [6.07, 6.45) is 8.77. The van der Waals surface area contributed by atoms with E-state index >= 15 is 0 Å². The van der Waals surface area contributed by atoms with Gasteiger partial charge in [-0.15, -0.1) is 0 Å². The van der Waals surface area contributed by atoms with Gasteiger partial charge in [-0.3, -0.25) is 0 Å². The van der Waals surface area contributed by atoms with Gasteiger partial charge in [-0.2, -0.15) is 4.98 Å². The van der Waals surface area contributed by atoms with Crippen molar-refractivity contribution in [1.82, 2.24) is 14.5 Å². The molecule has 2 aromatic rings. The second kappa shape index (κ2) is 5.81. The third-order valence-electron chi connectivity index (χ3n) is 4.24. The molecule has 0 amide bonds. The van der Waals surface area contributed by atoms with Crippen molar-refractivity contribution in [1.29, 1.82) is 0 Å².